The van der Waals surface area contributed by atoms with Crippen molar-refractivity contribution in [2.45, 2.75) is 32.7 Å². The van der Waals surface area contributed by atoms with Crippen LogP contribution in [0.1, 0.15) is 24.0 Å². The van der Waals surface area contributed by atoms with Gasteiger partial charge in [-0.05, 0) is 56.0 Å². The van der Waals surface area contributed by atoms with Crippen molar-refractivity contribution in [1.82, 2.24) is 24.8 Å². The Morgan fingerprint density at radius 1 is 1.17 bits per heavy atom. The highest BCUT2D eigenvalue weighted by atomic mass is 35.5. The number of rotatable bonds is 9. The van der Waals surface area contributed by atoms with E-state index in [1.165, 1.54) is 18.9 Å². The maximum absolute atomic E-state index is 14.1. The van der Waals surface area contributed by atoms with Crippen molar-refractivity contribution in [3.63, 3.8) is 0 Å². The molecule has 9 nitrogen and oxygen atoms in total. The van der Waals surface area contributed by atoms with E-state index in [9.17, 15) is 9.18 Å². The highest BCUT2D eigenvalue weighted by Gasteiger charge is 2.19. The number of hydrogen-bond acceptors (Lipinski definition) is 7. The van der Waals surface area contributed by atoms with E-state index in [4.69, 9.17) is 26.1 Å². The van der Waals surface area contributed by atoms with Crippen LogP contribution in [-0.4, -0.2) is 71.3 Å². The average Bonchev–Trinajstić information content (AvgIpc) is 3.69. The van der Waals surface area contributed by atoms with Gasteiger partial charge in [0, 0.05) is 54.4 Å². The van der Waals surface area contributed by atoms with Gasteiger partial charge in [0.25, 0.3) is 0 Å². The second-order valence-electron chi connectivity index (χ2n) is 10.1. The number of carbonyl (C=O) groups excluding carboxylic acids is 1. The summed E-state index contributed by atoms with van der Waals surface area (Å²) in [4.78, 5) is 16.6. The first-order chi connectivity index (χ1) is 19.9. The van der Waals surface area contributed by atoms with Crippen molar-refractivity contribution >= 4 is 29.5 Å². The van der Waals surface area contributed by atoms with Gasteiger partial charge >= 0.3 is 0 Å². The Morgan fingerprint density at radius 3 is 2.68 bits per heavy atom. The number of amides is 1. The topological polar surface area (TPSA) is 93.0 Å². The molecule has 2 aromatic heterocycles. The predicted molar refractivity (Wildman–Crippen MR) is 157 cm³/mol. The van der Waals surface area contributed by atoms with Crippen molar-refractivity contribution in [2.75, 3.05) is 44.7 Å². The third kappa shape index (κ3) is 7.32. The Labute approximate surface area is 243 Å². The van der Waals surface area contributed by atoms with Gasteiger partial charge in [0.2, 0.25) is 12.3 Å². The van der Waals surface area contributed by atoms with Gasteiger partial charge in [0.1, 0.15) is 17.4 Å². The SMILES string of the molecule is Cc1ccc(-c2cnn3c(NCCN4CCOCC4)cc(Oc4cccc(F)c4C)nc23)cc1Cl.O=CNC1CC1. The number of aromatic nitrogens is 3. The Balaban J connectivity index is 0.000000500. The molecule has 0 spiro atoms. The van der Waals surface area contributed by atoms with Gasteiger partial charge in [-0.15, -0.1) is 0 Å². The van der Waals surface area contributed by atoms with Crippen molar-refractivity contribution < 1.29 is 18.7 Å². The summed E-state index contributed by atoms with van der Waals surface area (Å²) in [7, 11) is 0. The number of aryl methyl sites for hydroxylation is 1. The van der Waals surface area contributed by atoms with E-state index in [0.29, 0.717) is 40.4 Å². The molecule has 1 aliphatic heterocycles. The number of halogens is 2. The Hall–Kier alpha value is -3.73. The summed E-state index contributed by atoms with van der Waals surface area (Å²) >= 11 is 6.39. The van der Waals surface area contributed by atoms with Gasteiger partial charge in [-0.2, -0.15) is 14.6 Å². The van der Waals surface area contributed by atoms with E-state index in [1.54, 1.807) is 35.8 Å². The number of ether oxygens (including phenoxy) is 2. The summed E-state index contributed by atoms with van der Waals surface area (Å²) in [5, 5.41) is 11.4. The van der Waals surface area contributed by atoms with Crippen LogP contribution < -0.4 is 15.4 Å². The number of nitrogens with zero attached hydrogens (tertiary/aromatic N) is 4. The molecule has 0 unspecified atom stereocenters. The second-order valence-corrected chi connectivity index (χ2v) is 10.5. The zero-order valence-electron chi connectivity index (χ0n) is 23.2. The molecule has 2 N–H and O–H groups in total. The van der Waals surface area contributed by atoms with E-state index >= 15 is 0 Å². The Kier molecular flexibility index (Phi) is 9.33. The largest absolute Gasteiger partial charge is 0.438 e. The van der Waals surface area contributed by atoms with Gasteiger partial charge in [-0.3, -0.25) is 9.69 Å². The normalized spacial score (nSPS) is 15.2. The molecule has 41 heavy (non-hydrogen) atoms. The van der Waals surface area contributed by atoms with E-state index < -0.39 is 0 Å². The zero-order chi connectivity index (χ0) is 28.8. The quantitative estimate of drug-likeness (QED) is 0.262. The van der Waals surface area contributed by atoms with Crippen LogP contribution in [0.2, 0.25) is 5.02 Å². The van der Waals surface area contributed by atoms with Crippen LogP contribution in [0.4, 0.5) is 10.2 Å². The number of anilines is 1. The first kappa shape index (κ1) is 28.8. The molecule has 0 bridgehead atoms. The standard InChI is InChI=1S/C26H27ClFN5O2.C4H7NO/c1-17-6-7-19(14-21(17)27)20-16-30-33-24(29-8-9-32-10-12-34-13-11-32)15-25(31-26(20)33)35-23-5-3-4-22(28)18(23)2;6-3-5-4-1-2-4/h3-7,14-16,29H,8-13H2,1-2H3;3-4H,1-2H2,(H,5,6). The van der Waals surface area contributed by atoms with Gasteiger partial charge in [-0.1, -0.05) is 29.8 Å². The van der Waals surface area contributed by atoms with Gasteiger partial charge in [0.15, 0.2) is 5.65 Å². The van der Waals surface area contributed by atoms with Crippen LogP contribution in [0.5, 0.6) is 11.6 Å². The van der Waals surface area contributed by atoms with Crippen LogP contribution in [0.15, 0.2) is 48.7 Å². The first-order valence-corrected chi connectivity index (χ1v) is 14.1. The lowest BCUT2D eigenvalue weighted by molar-refractivity contribution is -0.109. The molecule has 216 valence electrons. The molecule has 0 atom stereocenters. The summed E-state index contributed by atoms with van der Waals surface area (Å²) < 4.78 is 27.4. The highest BCUT2D eigenvalue weighted by Crippen LogP contribution is 2.32. The molecule has 2 aromatic carbocycles. The Morgan fingerprint density at radius 2 is 1.98 bits per heavy atom. The first-order valence-electron chi connectivity index (χ1n) is 13.7. The molecular formula is C30H34ClFN6O3. The predicted octanol–water partition coefficient (Wildman–Crippen LogP) is 5.24. The molecule has 1 saturated carbocycles. The van der Waals surface area contributed by atoms with Crippen molar-refractivity contribution in [2.24, 2.45) is 0 Å². The smallest absolute Gasteiger partial charge is 0.224 e. The van der Waals surface area contributed by atoms with E-state index in [1.807, 2.05) is 25.1 Å². The summed E-state index contributed by atoms with van der Waals surface area (Å²) in [6, 6.07) is 13.0. The zero-order valence-corrected chi connectivity index (χ0v) is 24.0. The summed E-state index contributed by atoms with van der Waals surface area (Å²) in [6.07, 6.45) is 4.89. The van der Waals surface area contributed by atoms with Crippen LogP contribution in [-0.2, 0) is 9.53 Å². The molecule has 0 radical (unpaired) electrons. The minimum absolute atomic E-state index is 0.327. The van der Waals surface area contributed by atoms with Crippen LogP contribution in [0.3, 0.4) is 0 Å². The second kappa shape index (κ2) is 13.3. The maximum atomic E-state index is 14.1. The monoisotopic (exact) mass is 580 g/mol. The molecule has 3 heterocycles. The minimum Gasteiger partial charge on any atom is -0.438 e. The lowest BCUT2D eigenvalue weighted by Crippen LogP contribution is -2.39. The Bertz CT molecular complexity index is 1500. The third-order valence-electron chi connectivity index (χ3n) is 7.08. The lowest BCUT2D eigenvalue weighted by atomic mass is 10.1. The fourth-order valence-electron chi connectivity index (χ4n) is 4.41. The molecule has 1 aliphatic carbocycles. The number of hydrogen-bond donors (Lipinski definition) is 2. The molecule has 2 fully saturated rings. The lowest BCUT2D eigenvalue weighted by Gasteiger charge is -2.26. The summed E-state index contributed by atoms with van der Waals surface area (Å²) in [5.41, 5.74) is 3.77. The van der Waals surface area contributed by atoms with Crippen molar-refractivity contribution in [3.8, 4) is 22.8 Å². The van der Waals surface area contributed by atoms with Gasteiger partial charge in [0.05, 0.1) is 19.4 Å². The number of fused-ring (bicyclic) bond motifs is 1. The number of benzene rings is 2. The molecule has 2 aliphatic rings. The summed E-state index contributed by atoms with van der Waals surface area (Å²) in [6.45, 7) is 8.57. The average molecular weight is 581 g/mol. The maximum Gasteiger partial charge on any atom is 0.224 e. The van der Waals surface area contributed by atoms with Crippen LogP contribution >= 0.6 is 11.6 Å². The van der Waals surface area contributed by atoms with Gasteiger partial charge < -0.3 is 20.1 Å². The fourth-order valence-corrected chi connectivity index (χ4v) is 4.59. The fraction of sp³-hybridized carbons (Fsp3) is 0.367. The molecule has 11 heteroatoms. The molecular weight excluding hydrogens is 547 g/mol. The summed E-state index contributed by atoms with van der Waals surface area (Å²) in [5.74, 6) is 1.17. The van der Waals surface area contributed by atoms with E-state index in [0.717, 1.165) is 61.8 Å². The van der Waals surface area contributed by atoms with Crippen LogP contribution in [0, 0.1) is 19.7 Å². The van der Waals surface area contributed by atoms with Crippen LogP contribution in [0.25, 0.3) is 16.8 Å². The molecule has 4 aromatic rings. The number of nitrogens with one attached hydrogen (secondary N) is 2. The van der Waals surface area contributed by atoms with Crippen molar-refractivity contribution in [3.05, 3.63) is 70.6 Å². The van der Waals surface area contributed by atoms with E-state index in [2.05, 4.69) is 20.6 Å². The highest BCUT2D eigenvalue weighted by molar-refractivity contribution is 6.31. The molecule has 1 saturated heterocycles. The number of morpholine rings is 1. The third-order valence-corrected chi connectivity index (χ3v) is 7.49. The molecule has 1 amide bonds. The number of carbonyl (C=O) groups is 1. The van der Waals surface area contributed by atoms with Gasteiger partial charge in [-0.25, -0.2) is 4.39 Å². The van der Waals surface area contributed by atoms with Crippen molar-refractivity contribution in [1.29, 1.82) is 0 Å². The van der Waals surface area contributed by atoms with E-state index in [-0.39, 0.29) is 5.82 Å². The minimum atomic E-state index is -0.327. The molecule has 6 rings (SSSR count).